The molecule has 12 rings (SSSR count). The van der Waals surface area contributed by atoms with Crippen LogP contribution in [0.1, 0.15) is 22.3 Å². The van der Waals surface area contributed by atoms with Gasteiger partial charge in [0.2, 0.25) is 0 Å². The Morgan fingerprint density at radius 1 is 0.426 bits per heavy atom. The molecular weight excluding hydrogens is 673 g/mol. The van der Waals surface area contributed by atoms with Gasteiger partial charge in [0, 0.05) is 22.1 Å². The summed E-state index contributed by atoms with van der Waals surface area (Å²) in [6, 6.07) is 71.9. The molecule has 8 aromatic carbocycles. The van der Waals surface area contributed by atoms with Crippen molar-refractivity contribution >= 4 is 59.6 Å². The molecule has 0 saturated carbocycles. The highest BCUT2D eigenvalue weighted by Crippen LogP contribution is 2.63. The molecule has 0 atom stereocenters. The molecule has 2 heterocycles. The van der Waals surface area contributed by atoms with Crippen molar-refractivity contribution in [2.24, 2.45) is 0 Å². The fourth-order valence-corrected chi connectivity index (χ4v) is 10.9. The Morgan fingerprint density at radius 3 is 1.72 bits per heavy atom. The largest absolute Gasteiger partial charge is 0.308 e. The van der Waals surface area contributed by atoms with Crippen LogP contribution in [-0.2, 0) is 5.41 Å². The molecular formula is C51H32N2S. The molecule has 2 aliphatic carbocycles. The zero-order valence-corrected chi connectivity index (χ0v) is 30.1. The van der Waals surface area contributed by atoms with E-state index in [0.717, 1.165) is 5.69 Å². The van der Waals surface area contributed by atoms with Crippen LogP contribution in [0.4, 0.5) is 16.4 Å². The van der Waals surface area contributed by atoms with E-state index >= 15 is 0 Å². The molecule has 2 aliphatic rings. The Hall–Kier alpha value is -6.68. The zero-order chi connectivity index (χ0) is 35.4. The van der Waals surface area contributed by atoms with Crippen molar-refractivity contribution < 1.29 is 0 Å². The fourth-order valence-electron chi connectivity index (χ4n) is 9.69. The summed E-state index contributed by atoms with van der Waals surface area (Å²) >= 11 is 1.88. The third kappa shape index (κ3) is 3.89. The van der Waals surface area contributed by atoms with Crippen LogP contribution >= 0.6 is 11.3 Å². The van der Waals surface area contributed by atoms with Crippen molar-refractivity contribution in [2.45, 2.75) is 5.41 Å². The van der Waals surface area contributed by atoms with Gasteiger partial charge in [0.1, 0.15) is 5.00 Å². The standard InChI is InChI=1S/C51H32N2S/c1-2-17-34(18-3-1)52-47-27-13-9-23-41(47)50-48(52)32-49(54-50)53(46-28-14-16-33-15-4-5-19-36(33)46)35-29-30-40-39-22-8-12-26-44(39)51(45(40)31-35)42-24-10-6-20-37(42)38-21-7-11-25-43(38)51/h1-32H. The first kappa shape index (κ1) is 29.9. The average Bonchev–Trinajstić information content (AvgIpc) is 3.96. The topological polar surface area (TPSA) is 8.17 Å². The van der Waals surface area contributed by atoms with E-state index in [9.17, 15) is 0 Å². The van der Waals surface area contributed by atoms with Crippen LogP contribution < -0.4 is 4.90 Å². The van der Waals surface area contributed by atoms with E-state index in [1.54, 1.807) is 0 Å². The molecule has 54 heavy (non-hydrogen) atoms. The second-order valence-corrected chi connectivity index (χ2v) is 15.5. The summed E-state index contributed by atoms with van der Waals surface area (Å²) in [5.41, 5.74) is 16.2. The van der Waals surface area contributed by atoms with Crippen molar-refractivity contribution in [1.29, 1.82) is 0 Å². The smallest absolute Gasteiger partial charge is 0.103 e. The normalized spacial score (nSPS) is 13.3. The monoisotopic (exact) mass is 704 g/mol. The highest BCUT2D eigenvalue weighted by Gasteiger charge is 2.51. The highest BCUT2D eigenvalue weighted by atomic mass is 32.1. The number of para-hydroxylation sites is 2. The van der Waals surface area contributed by atoms with Gasteiger partial charge in [-0.05, 0) is 92.4 Å². The van der Waals surface area contributed by atoms with E-state index in [-0.39, 0.29) is 0 Å². The van der Waals surface area contributed by atoms with E-state index in [2.05, 4.69) is 204 Å². The Kier molecular flexibility index (Phi) is 6.17. The maximum Gasteiger partial charge on any atom is 0.103 e. The maximum absolute atomic E-state index is 2.51. The first-order valence-electron chi connectivity index (χ1n) is 18.6. The SMILES string of the molecule is c1ccc(-n2c3ccccc3c3sc(N(c4ccc5c(c4)C4(c6ccccc6-c6ccccc64)c4ccccc4-5)c4cccc5ccccc45)cc32)cc1. The minimum atomic E-state index is -0.417. The minimum absolute atomic E-state index is 0.417. The molecule has 2 nitrogen and oxygen atoms in total. The summed E-state index contributed by atoms with van der Waals surface area (Å²) in [6.07, 6.45) is 0. The number of nitrogens with zero attached hydrogens (tertiary/aromatic N) is 2. The van der Waals surface area contributed by atoms with Gasteiger partial charge in [0.25, 0.3) is 0 Å². The average molecular weight is 705 g/mol. The summed E-state index contributed by atoms with van der Waals surface area (Å²) in [4.78, 5) is 2.51. The summed E-state index contributed by atoms with van der Waals surface area (Å²) in [6.45, 7) is 0. The number of hydrogen-bond acceptors (Lipinski definition) is 2. The van der Waals surface area contributed by atoms with Crippen molar-refractivity contribution in [3.8, 4) is 27.9 Å². The molecule has 0 amide bonds. The molecule has 0 fully saturated rings. The van der Waals surface area contributed by atoms with Gasteiger partial charge in [-0.15, -0.1) is 11.3 Å². The predicted octanol–water partition coefficient (Wildman–Crippen LogP) is 13.8. The lowest BCUT2D eigenvalue weighted by atomic mass is 9.70. The molecule has 0 radical (unpaired) electrons. The summed E-state index contributed by atoms with van der Waals surface area (Å²) in [5.74, 6) is 0. The highest BCUT2D eigenvalue weighted by molar-refractivity contribution is 7.24. The van der Waals surface area contributed by atoms with Crippen LogP contribution in [0.15, 0.2) is 194 Å². The predicted molar refractivity (Wildman–Crippen MR) is 227 cm³/mol. The third-order valence-electron chi connectivity index (χ3n) is 11.8. The van der Waals surface area contributed by atoms with Crippen LogP contribution in [-0.4, -0.2) is 4.57 Å². The van der Waals surface area contributed by atoms with Gasteiger partial charge in [-0.1, -0.05) is 152 Å². The lowest BCUT2D eigenvalue weighted by Crippen LogP contribution is -2.26. The minimum Gasteiger partial charge on any atom is -0.308 e. The van der Waals surface area contributed by atoms with Crippen LogP contribution in [0.3, 0.4) is 0 Å². The number of benzene rings is 8. The molecule has 0 aliphatic heterocycles. The molecule has 10 aromatic rings. The Bertz CT molecular complexity index is 3060. The van der Waals surface area contributed by atoms with Gasteiger partial charge < -0.3 is 9.47 Å². The van der Waals surface area contributed by atoms with Crippen LogP contribution in [0.25, 0.3) is 59.8 Å². The second-order valence-electron chi connectivity index (χ2n) is 14.4. The van der Waals surface area contributed by atoms with Crippen molar-refractivity contribution in [3.63, 3.8) is 0 Å². The van der Waals surface area contributed by atoms with Crippen molar-refractivity contribution in [3.05, 3.63) is 216 Å². The number of rotatable bonds is 4. The van der Waals surface area contributed by atoms with Gasteiger partial charge in [0.15, 0.2) is 0 Å². The van der Waals surface area contributed by atoms with Crippen LogP contribution in [0.2, 0.25) is 0 Å². The molecule has 0 N–H and O–H groups in total. The van der Waals surface area contributed by atoms with E-state index < -0.39 is 5.41 Å². The number of anilines is 3. The van der Waals surface area contributed by atoms with Gasteiger partial charge in [-0.3, -0.25) is 0 Å². The number of aromatic nitrogens is 1. The fraction of sp³-hybridized carbons (Fsp3) is 0.0196. The van der Waals surface area contributed by atoms with Gasteiger partial charge in [-0.2, -0.15) is 0 Å². The Labute approximate surface area is 317 Å². The molecule has 0 unspecified atom stereocenters. The van der Waals surface area contributed by atoms with Crippen molar-refractivity contribution in [2.75, 3.05) is 4.90 Å². The summed E-state index contributed by atoms with van der Waals surface area (Å²) < 4.78 is 3.71. The first-order valence-corrected chi connectivity index (χ1v) is 19.4. The summed E-state index contributed by atoms with van der Waals surface area (Å²) in [5, 5.41) is 4.91. The number of fused-ring (bicyclic) bond motifs is 14. The van der Waals surface area contributed by atoms with Crippen molar-refractivity contribution in [1.82, 2.24) is 4.57 Å². The van der Waals surface area contributed by atoms with E-state index in [1.807, 2.05) is 11.3 Å². The first-order chi connectivity index (χ1) is 26.8. The lowest BCUT2D eigenvalue weighted by molar-refractivity contribution is 0.793. The van der Waals surface area contributed by atoms with Crippen LogP contribution in [0, 0.1) is 0 Å². The van der Waals surface area contributed by atoms with Crippen LogP contribution in [0.5, 0.6) is 0 Å². The Balaban J connectivity index is 1.16. The summed E-state index contributed by atoms with van der Waals surface area (Å²) in [7, 11) is 0. The number of thiophene rings is 1. The quantitative estimate of drug-likeness (QED) is 0.177. The van der Waals surface area contributed by atoms with Gasteiger partial charge in [0.05, 0.1) is 26.8 Å². The lowest BCUT2D eigenvalue weighted by Gasteiger charge is -2.32. The molecule has 1 spiro atoms. The number of hydrogen-bond donors (Lipinski definition) is 0. The maximum atomic E-state index is 2.51. The molecule has 2 aromatic heterocycles. The molecule has 3 heteroatoms. The molecule has 0 bridgehead atoms. The van der Waals surface area contributed by atoms with Gasteiger partial charge in [-0.25, -0.2) is 0 Å². The van der Waals surface area contributed by atoms with E-state index in [0.29, 0.717) is 0 Å². The molecule has 0 saturated heterocycles. The van der Waals surface area contributed by atoms with E-state index in [4.69, 9.17) is 0 Å². The second kappa shape index (κ2) is 11.2. The zero-order valence-electron chi connectivity index (χ0n) is 29.3. The third-order valence-corrected chi connectivity index (χ3v) is 13.0. The Morgan fingerprint density at radius 2 is 1.00 bits per heavy atom. The van der Waals surface area contributed by atoms with Gasteiger partial charge >= 0.3 is 0 Å². The molecule has 252 valence electrons. The van der Waals surface area contributed by atoms with E-state index in [1.165, 1.54) is 92.8 Å².